The zero-order chi connectivity index (χ0) is 15.3. The minimum atomic E-state index is -3.38. The Balaban J connectivity index is 1.95. The van der Waals surface area contributed by atoms with Crippen molar-refractivity contribution in [2.45, 2.75) is 43.6 Å². The van der Waals surface area contributed by atoms with Crippen molar-refractivity contribution < 1.29 is 13.2 Å². The third kappa shape index (κ3) is 4.43. The van der Waals surface area contributed by atoms with Crippen LogP contribution in [0.4, 0.5) is 5.69 Å². The van der Waals surface area contributed by atoms with Gasteiger partial charge in [0.15, 0.2) is 0 Å². The second-order valence-electron chi connectivity index (χ2n) is 5.68. The summed E-state index contributed by atoms with van der Waals surface area (Å²) in [5.41, 5.74) is 0.786. The van der Waals surface area contributed by atoms with Crippen LogP contribution in [0.3, 0.4) is 0 Å². The van der Waals surface area contributed by atoms with Gasteiger partial charge in [-0.1, -0.05) is 6.92 Å². The van der Waals surface area contributed by atoms with E-state index < -0.39 is 10.0 Å². The molecule has 0 aliphatic carbocycles. The maximum Gasteiger partial charge on any atom is 0.240 e. The molecule has 2 N–H and O–H groups in total. The Morgan fingerprint density at radius 3 is 2.57 bits per heavy atom. The third-order valence-corrected chi connectivity index (χ3v) is 5.15. The topological polar surface area (TPSA) is 67.4 Å². The smallest absolute Gasteiger partial charge is 0.240 e. The lowest BCUT2D eigenvalue weighted by molar-refractivity contribution is 0.0315. The highest BCUT2D eigenvalue weighted by Gasteiger charge is 2.29. The van der Waals surface area contributed by atoms with E-state index in [0.29, 0.717) is 11.4 Å². The van der Waals surface area contributed by atoms with Crippen molar-refractivity contribution in [2.75, 3.05) is 25.0 Å². The van der Waals surface area contributed by atoms with Crippen LogP contribution >= 0.6 is 0 Å². The van der Waals surface area contributed by atoms with E-state index in [1.54, 1.807) is 24.3 Å². The van der Waals surface area contributed by atoms with Gasteiger partial charge in [0.05, 0.1) is 10.5 Å². The number of hydrogen-bond acceptors (Lipinski definition) is 4. The third-order valence-electron chi connectivity index (χ3n) is 3.67. The number of rotatable bonds is 7. The molecular formula is C15H24N2O3S. The van der Waals surface area contributed by atoms with Gasteiger partial charge in [-0.05, 0) is 50.5 Å². The average Bonchev–Trinajstić information content (AvgIpc) is 2.91. The van der Waals surface area contributed by atoms with E-state index in [4.69, 9.17) is 4.74 Å². The summed E-state index contributed by atoms with van der Waals surface area (Å²) >= 11 is 0. The van der Waals surface area contributed by atoms with E-state index in [9.17, 15) is 8.42 Å². The summed E-state index contributed by atoms with van der Waals surface area (Å²) in [5, 5.41) is 3.31. The van der Waals surface area contributed by atoms with Gasteiger partial charge < -0.3 is 10.1 Å². The molecular weight excluding hydrogens is 288 g/mol. The fourth-order valence-electron chi connectivity index (χ4n) is 2.34. The van der Waals surface area contributed by atoms with Crippen molar-refractivity contribution in [3.63, 3.8) is 0 Å². The lowest BCUT2D eigenvalue weighted by Gasteiger charge is -2.24. The largest absolute Gasteiger partial charge is 0.382 e. The molecule has 1 heterocycles. The molecule has 6 heteroatoms. The van der Waals surface area contributed by atoms with Gasteiger partial charge >= 0.3 is 0 Å². The second kappa shape index (κ2) is 6.77. The van der Waals surface area contributed by atoms with Gasteiger partial charge in [-0.3, -0.25) is 0 Å². The summed E-state index contributed by atoms with van der Waals surface area (Å²) in [6, 6.07) is 6.83. The van der Waals surface area contributed by atoms with Crippen LogP contribution in [0.1, 0.15) is 33.1 Å². The lowest BCUT2D eigenvalue weighted by atomic mass is 10.0. The highest BCUT2D eigenvalue weighted by molar-refractivity contribution is 7.89. The molecule has 0 saturated carbocycles. The van der Waals surface area contributed by atoms with Crippen molar-refractivity contribution in [2.24, 2.45) is 0 Å². The van der Waals surface area contributed by atoms with E-state index in [2.05, 4.69) is 17.0 Å². The van der Waals surface area contributed by atoms with Crippen LogP contribution < -0.4 is 10.0 Å². The summed E-state index contributed by atoms with van der Waals surface area (Å²) in [6.45, 7) is 6.03. The SMILES string of the molecule is CCCNS(=O)(=O)c1ccc(NCC2(C)CCCO2)cc1. The first-order chi connectivity index (χ1) is 9.95. The summed E-state index contributed by atoms with van der Waals surface area (Å²) in [4.78, 5) is 0.296. The lowest BCUT2D eigenvalue weighted by Crippen LogP contribution is -2.32. The first-order valence-corrected chi connectivity index (χ1v) is 8.91. The molecule has 0 amide bonds. The van der Waals surface area contributed by atoms with Crippen molar-refractivity contribution >= 4 is 15.7 Å². The van der Waals surface area contributed by atoms with Crippen molar-refractivity contribution in [1.82, 2.24) is 4.72 Å². The normalized spacial score (nSPS) is 22.4. The van der Waals surface area contributed by atoms with Gasteiger partial charge in [-0.25, -0.2) is 13.1 Å². The first-order valence-electron chi connectivity index (χ1n) is 7.43. The van der Waals surface area contributed by atoms with Crippen LogP contribution in [0, 0.1) is 0 Å². The molecule has 0 aromatic heterocycles. The van der Waals surface area contributed by atoms with Crippen LogP contribution in [-0.2, 0) is 14.8 Å². The molecule has 1 aliphatic rings. The van der Waals surface area contributed by atoms with Crippen molar-refractivity contribution in [1.29, 1.82) is 0 Å². The summed E-state index contributed by atoms with van der Waals surface area (Å²) < 4.78 is 32.2. The van der Waals surface area contributed by atoms with Crippen LogP contribution in [0.15, 0.2) is 29.2 Å². The number of hydrogen-bond donors (Lipinski definition) is 2. The minimum Gasteiger partial charge on any atom is -0.382 e. The zero-order valence-electron chi connectivity index (χ0n) is 12.7. The molecule has 1 fully saturated rings. The molecule has 5 nitrogen and oxygen atoms in total. The van der Waals surface area contributed by atoms with E-state index in [1.807, 2.05) is 6.92 Å². The van der Waals surface area contributed by atoms with Gasteiger partial charge in [-0.15, -0.1) is 0 Å². The molecule has 1 saturated heterocycles. The standard InChI is InChI=1S/C15H24N2O3S/c1-3-10-17-21(18,19)14-7-5-13(6-8-14)16-12-15(2)9-4-11-20-15/h5-8,16-17H,3-4,9-12H2,1-2H3. The van der Waals surface area contributed by atoms with E-state index in [-0.39, 0.29) is 5.60 Å². The molecule has 1 aromatic rings. The van der Waals surface area contributed by atoms with Gasteiger partial charge in [-0.2, -0.15) is 0 Å². The molecule has 118 valence electrons. The van der Waals surface area contributed by atoms with Crippen LogP contribution in [0.5, 0.6) is 0 Å². The van der Waals surface area contributed by atoms with Gasteiger partial charge in [0.1, 0.15) is 0 Å². The molecule has 2 rings (SSSR count). The molecule has 21 heavy (non-hydrogen) atoms. The number of sulfonamides is 1. The molecule has 0 spiro atoms. The fourth-order valence-corrected chi connectivity index (χ4v) is 3.47. The summed E-state index contributed by atoms with van der Waals surface area (Å²) in [7, 11) is -3.38. The van der Waals surface area contributed by atoms with Crippen molar-refractivity contribution in [3.05, 3.63) is 24.3 Å². The zero-order valence-corrected chi connectivity index (χ0v) is 13.5. The number of anilines is 1. The number of ether oxygens (including phenoxy) is 1. The fraction of sp³-hybridized carbons (Fsp3) is 0.600. The Hall–Kier alpha value is -1.11. The highest BCUT2D eigenvalue weighted by atomic mass is 32.2. The maximum absolute atomic E-state index is 12.0. The van der Waals surface area contributed by atoms with Gasteiger partial charge in [0.25, 0.3) is 0 Å². The minimum absolute atomic E-state index is 0.118. The Bertz CT molecular complexity index is 549. The van der Waals surface area contributed by atoms with Gasteiger partial charge in [0, 0.05) is 25.4 Å². The molecule has 1 aromatic carbocycles. The monoisotopic (exact) mass is 312 g/mol. The highest BCUT2D eigenvalue weighted by Crippen LogP contribution is 2.25. The molecule has 1 aliphatic heterocycles. The van der Waals surface area contributed by atoms with Crippen LogP contribution in [0.2, 0.25) is 0 Å². The first kappa shape index (κ1) is 16.3. The van der Waals surface area contributed by atoms with Gasteiger partial charge in [0.2, 0.25) is 10.0 Å². The Kier molecular flexibility index (Phi) is 5.24. The molecule has 1 unspecified atom stereocenters. The maximum atomic E-state index is 12.0. The van der Waals surface area contributed by atoms with E-state index >= 15 is 0 Å². The molecule has 0 radical (unpaired) electrons. The Labute approximate surface area is 127 Å². The molecule has 1 atom stereocenters. The predicted molar refractivity (Wildman–Crippen MR) is 84.0 cm³/mol. The number of benzene rings is 1. The van der Waals surface area contributed by atoms with Crippen molar-refractivity contribution in [3.8, 4) is 0 Å². The van der Waals surface area contributed by atoms with E-state index in [0.717, 1.165) is 38.1 Å². The summed E-state index contributed by atoms with van der Waals surface area (Å²) in [6.07, 6.45) is 2.92. The summed E-state index contributed by atoms with van der Waals surface area (Å²) in [5.74, 6) is 0. The second-order valence-corrected chi connectivity index (χ2v) is 7.44. The van der Waals surface area contributed by atoms with Crippen LogP contribution in [0.25, 0.3) is 0 Å². The van der Waals surface area contributed by atoms with Crippen LogP contribution in [-0.4, -0.2) is 33.7 Å². The Morgan fingerprint density at radius 1 is 1.29 bits per heavy atom. The number of nitrogens with one attached hydrogen (secondary N) is 2. The quantitative estimate of drug-likeness (QED) is 0.811. The average molecular weight is 312 g/mol. The Morgan fingerprint density at radius 2 is 2.00 bits per heavy atom. The van der Waals surface area contributed by atoms with E-state index in [1.165, 1.54) is 0 Å². The molecule has 0 bridgehead atoms. The predicted octanol–water partition coefficient (Wildman–Crippen LogP) is 2.36.